The topological polar surface area (TPSA) is 182 Å². The van der Waals surface area contributed by atoms with Gasteiger partial charge < -0.3 is 33.0 Å². The van der Waals surface area contributed by atoms with Crippen molar-refractivity contribution in [3.8, 4) is 17.4 Å². The van der Waals surface area contributed by atoms with Crippen LogP contribution in [-0.4, -0.2) is 15.3 Å². The molecule has 10 rings (SSSR count). The molecule has 0 aliphatic rings. The van der Waals surface area contributed by atoms with Crippen LogP contribution in [0.15, 0.2) is 106 Å². The Balaban J connectivity index is -0.000000168. The Bertz CT molecular complexity index is 3360. The zero-order valence-electron chi connectivity index (χ0n) is 25.1. The van der Waals surface area contributed by atoms with E-state index in [-0.39, 0.29) is 177 Å². The largest absolute Gasteiger partial charge is 0.506 e. The average Bonchev–Trinajstić information content (AvgIpc) is 3.06. The van der Waals surface area contributed by atoms with Crippen LogP contribution in [0, 0.1) is 6.92 Å². The van der Waals surface area contributed by atoms with Crippen LogP contribution in [0.2, 0.25) is 0 Å². The van der Waals surface area contributed by atoms with Crippen LogP contribution in [0.25, 0.3) is 87.0 Å². The highest BCUT2D eigenvalue weighted by Gasteiger charge is 2.26. The van der Waals surface area contributed by atoms with Gasteiger partial charge in [-0.1, -0.05) is 174 Å². The van der Waals surface area contributed by atoms with Crippen LogP contribution in [0.1, 0.15) is 117 Å². The molecule has 0 atom stereocenters. The molecule has 0 spiro atoms. The summed E-state index contributed by atoms with van der Waals surface area (Å²) in [5, 5.41) is 35.0. The van der Waals surface area contributed by atoms with Gasteiger partial charge in [-0.05, 0) is 42.8 Å². The van der Waals surface area contributed by atoms with Crippen LogP contribution in [0.3, 0.4) is 0 Å². The van der Waals surface area contributed by atoms with E-state index in [1.165, 1.54) is 18.2 Å². The molecule has 0 saturated heterocycles. The number of rotatable bonds is 0. The van der Waals surface area contributed by atoms with Gasteiger partial charge >= 0.3 is 16.9 Å². The van der Waals surface area contributed by atoms with E-state index in [0.717, 1.165) is 5.56 Å². The maximum Gasteiger partial charge on any atom is 0.348 e. The Labute approximate surface area is 402 Å². The minimum Gasteiger partial charge on any atom is -0.506 e. The molecule has 364 valence electrons. The van der Waals surface area contributed by atoms with Crippen molar-refractivity contribution in [2.45, 2.75) is 118 Å². The summed E-state index contributed by atoms with van der Waals surface area (Å²) in [5.41, 5.74) is -0.701. The quantitative estimate of drug-likeness (QED) is 0.0747. The Morgan fingerprint density at radius 2 is 0.800 bits per heavy atom. The fourth-order valence-corrected chi connectivity index (χ4v) is 7.84. The predicted octanol–water partition coefficient (Wildman–Crippen LogP) is 17.8. The fraction of sp³-hybridized carbons (Fsp3) is 0.308. The monoisotopic (exact) mass is 1030 g/mol. The standard InChI is InChI=1S/C19H9BrO5.C18H7BrO6.15CH4/c1-7-3-2-4-9-12(7)17-14-13-10(18(22)25-17)5-8(20)6-11(13)24-19(23)15(14)16(9)21;19-6-4-8-12-10(5-6)24-18(23)14-13(12)16(25-17(8)22)11-7(15(14)21)2-1-3-9(11)20;;;;;;;;;;;;;;;/h2-6,21H,1H3;1-5,21-22H;15*1H4. The molecule has 3 N–H and O–H groups in total. The van der Waals surface area contributed by atoms with Crippen LogP contribution in [-0.2, 0) is 0 Å². The molecular weight excluding hydrogens is 960 g/mol. The van der Waals surface area contributed by atoms with E-state index in [2.05, 4.69) is 31.9 Å². The number of benzene rings is 6. The van der Waals surface area contributed by atoms with E-state index in [1.54, 1.807) is 36.4 Å². The van der Waals surface area contributed by atoms with Crippen molar-refractivity contribution in [3.63, 3.8) is 0 Å². The van der Waals surface area contributed by atoms with Gasteiger partial charge in [-0.15, -0.1) is 0 Å². The maximum absolute atomic E-state index is 12.6. The number of fused-ring (bicyclic) bond motifs is 4. The Morgan fingerprint density at radius 3 is 1.28 bits per heavy atom. The smallest absolute Gasteiger partial charge is 0.348 e. The predicted molar refractivity (Wildman–Crippen MR) is 296 cm³/mol. The van der Waals surface area contributed by atoms with Gasteiger partial charge in [0, 0.05) is 46.6 Å². The van der Waals surface area contributed by atoms with Gasteiger partial charge in [0.05, 0.1) is 16.2 Å². The molecule has 0 amide bonds. The molecule has 10 aromatic rings. The van der Waals surface area contributed by atoms with E-state index in [9.17, 15) is 34.5 Å². The first kappa shape index (κ1) is 73.5. The summed E-state index contributed by atoms with van der Waals surface area (Å²) in [6.45, 7) is 1.86. The molecule has 0 saturated carbocycles. The van der Waals surface area contributed by atoms with Crippen molar-refractivity contribution < 1.29 is 33.0 Å². The Hall–Kier alpha value is -5.92. The first-order chi connectivity index (χ1) is 23.9. The molecule has 0 bridgehead atoms. The van der Waals surface area contributed by atoms with Crippen LogP contribution in [0.4, 0.5) is 0 Å². The van der Waals surface area contributed by atoms with E-state index in [1.807, 2.05) is 13.0 Å². The second-order valence-corrected chi connectivity index (χ2v) is 13.6. The number of phenols is 2. The number of hydrogen-bond donors (Lipinski definition) is 3. The normalized spacial score (nSPS) is 9.28. The second kappa shape index (κ2) is 25.5. The van der Waals surface area contributed by atoms with Crippen LogP contribution in [0.5, 0.6) is 17.4 Å². The molecule has 4 heterocycles. The molecule has 11 nitrogen and oxygen atoms in total. The van der Waals surface area contributed by atoms with Gasteiger partial charge in [0.2, 0.25) is 0 Å². The van der Waals surface area contributed by atoms with E-state index >= 15 is 0 Å². The minimum absolute atomic E-state index is 0. The summed E-state index contributed by atoms with van der Waals surface area (Å²) in [6, 6.07) is 16.0. The Kier molecular flexibility index (Phi) is 28.9. The van der Waals surface area contributed by atoms with Gasteiger partial charge in [-0.2, -0.15) is 0 Å². The molecule has 0 aliphatic heterocycles. The van der Waals surface area contributed by atoms with E-state index < -0.39 is 22.8 Å². The maximum atomic E-state index is 12.6. The third kappa shape index (κ3) is 10.2. The SMILES string of the molecule is C.C.C.C.C.C.C.C.C.C.C.C.C.C.C.Cc1cccc2c(O)c3c(=O)oc4cc(Br)cc5c(=O)oc(c12)c3c45.O=c1oc2cc(Br)cc3c(O)oc4c5c(=O)cccc5c(O)c1c4c23. The molecule has 0 aliphatic carbocycles. The number of halogens is 2. The highest BCUT2D eigenvalue weighted by atomic mass is 79.9. The summed E-state index contributed by atoms with van der Waals surface area (Å²) >= 11 is 6.59. The highest BCUT2D eigenvalue weighted by Crippen LogP contribution is 2.45. The summed E-state index contributed by atoms with van der Waals surface area (Å²) in [6.07, 6.45) is 0. The minimum atomic E-state index is -0.756. The molecular formula is C52H76Br2O11. The molecule has 6 aromatic carbocycles. The molecule has 0 fully saturated rings. The van der Waals surface area contributed by atoms with Crippen molar-refractivity contribution in [2.75, 3.05) is 0 Å². The van der Waals surface area contributed by atoms with E-state index in [4.69, 9.17) is 17.7 Å². The van der Waals surface area contributed by atoms with Crippen LogP contribution < -0.4 is 22.3 Å². The third-order valence-corrected chi connectivity index (χ3v) is 9.90. The van der Waals surface area contributed by atoms with Gasteiger partial charge in [-0.3, -0.25) is 4.79 Å². The molecule has 0 unspecified atom stereocenters. The molecule has 13 heteroatoms. The van der Waals surface area contributed by atoms with Gasteiger partial charge in [0.15, 0.2) is 11.0 Å². The molecule has 4 aromatic heterocycles. The van der Waals surface area contributed by atoms with Crippen molar-refractivity contribution in [1.29, 1.82) is 0 Å². The van der Waals surface area contributed by atoms with Crippen molar-refractivity contribution >= 4 is 119 Å². The lowest BCUT2D eigenvalue weighted by Gasteiger charge is -2.13. The zero-order chi connectivity index (χ0) is 34.9. The number of hydrogen-bond acceptors (Lipinski definition) is 11. The Morgan fingerprint density at radius 1 is 0.400 bits per heavy atom. The van der Waals surface area contributed by atoms with Gasteiger partial charge in [0.1, 0.15) is 39.0 Å². The lowest BCUT2D eigenvalue weighted by Crippen LogP contribution is -2.07. The van der Waals surface area contributed by atoms with Crippen molar-refractivity contribution in [3.05, 3.63) is 117 Å². The first-order valence-corrected chi connectivity index (χ1v) is 16.4. The molecule has 65 heavy (non-hydrogen) atoms. The lowest BCUT2D eigenvalue weighted by atomic mass is 9.95. The van der Waals surface area contributed by atoms with Crippen molar-refractivity contribution in [2.24, 2.45) is 0 Å². The lowest BCUT2D eigenvalue weighted by molar-refractivity contribution is 0.348. The number of phenolic OH excluding ortho intramolecular Hbond substituents is 2. The molecule has 0 radical (unpaired) electrons. The third-order valence-electron chi connectivity index (χ3n) is 8.98. The number of aryl methyl sites for hydroxylation is 1. The highest BCUT2D eigenvalue weighted by molar-refractivity contribution is 9.10. The van der Waals surface area contributed by atoms with E-state index in [0.29, 0.717) is 46.8 Å². The van der Waals surface area contributed by atoms with Gasteiger partial charge in [-0.25, -0.2) is 14.4 Å². The average molecular weight is 1040 g/mol. The second-order valence-electron chi connectivity index (χ2n) is 11.8. The summed E-state index contributed by atoms with van der Waals surface area (Å²) in [5.74, 6) is -0.926. The fourth-order valence-electron chi connectivity index (χ4n) is 6.96. The van der Waals surface area contributed by atoms with Gasteiger partial charge in [0.25, 0.3) is 5.95 Å². The summed E-state index contributed by atoms with van der Waals surface area (Å²) < 4.78 is 23.0. The zero-order valence-corrected chi connectivity index (χ0v) is 28.3. The number of aromatic hydroxyl groups is 3. The summed E-state index contributed by atoms with van der Waals surface area (Å²) in [7, 11) is 0. The van der Waals surface area contributed by atoms with Crippen molar-refractivity contribution in [1.82, 2.24) is 0 Å². The first-order valence-electron chi connectivity index (χ1n) is 14.8. The van der Waals surface area contributed by atoms with Crippen LogP contribution >= 0.6 is 31.9 Å². The summed E-state index contributed by atoms with van der Waals surface area (Å²) in [4.78, 5) is 49.9.